The largest absolute Gasteiger partial charge is 0.493 e. The minimum absolute atomic E-state index is 0.154. The summed E-state index contributed by atoms with van der Waals surface area (Å²) in [5.41, 5.74) is 0.682. The molecule has 128 valence electrons. The number of nitrogens with one attached hydrogen (secondary N) is 1. The van der Waals surface area contributed by atoms with Crippen molar-refractivity contribution in [2.75, 3.05) is 6.61 Å². The molecule has 0 bridgehead atoms. The molecule has 7 heteroatoms. The van der Waals surface area contributed by atoms with E-state index in [4.69, 9.17) is 20.9 Å². The molecule has 0 radical (unpaired) electrons. The van der Waals surface area contributed by atoms with Gasteiger partial charge in [-0.1, -0.05) is 47.1 Å². The molecule has 0 atom stereocenters. The highest BCUT2D eigenvalue weighted by Gasteiger charge is 2.12. The van der Waals surface area contributed by atoms with Crippen LogP contribution in [0.15, 0.2) is 59.1 Å². The zero-order valence-electron chi connectivity index (χ0n) is 13.3. The Morgan fingerprint density at radius 2 is 1.88 bits per heavy atom. The molecule has 3 aromatic rings. The van der Waals surface area contributed by atoms with Crippen LogP contribution in [0.2, 0.25) is 5.02 Å². The first kappa shape index (κ1) is 17.0. The number of halogens is 1. The second-order valence-corrected chi connectivity index (χ2v) is 5.59. The standard InChI is InChI=1S/C18H16ClN3O3/c19-15-9-5-4-8-14(15)18-21-17(25-22-18)12-20-16(23)10-11-24-13-6-2-1-3-7-13/h1-9H,10-12H2,(H,20,23). The Morgan fingerprint density at radius 3 is 2.68 bits per heavy atom. The van der Waals surface area contributed by atoms with Gasteiger partial charge in [0.05, 0.1) is 24.6 Å². The third-order valence-electron chi connectivity index (χ3n) is 3.36. The van der Waals surface area contributed by atoms with Gasteiger partial charge >= 0.3 is 0 Å². The van der Waals surface area contributed by atoms with Gasteiger partial charge in [0.2, 0.25) is 17.6 Å². The van der Waals surface area contributed by atoms with E-state index in [9.17, 15) is 4.79 Å². The van der Waals surface area contributed by atoms with Crippen molar-refractivity contribution in [3.63, 3.8) is 0 Å². The van der Waals surface area contributed by atoms with E-state index >= 15 is 0 Å². The molecule has 0 aliphatic carbocycles. The predicted octanol–water partition coefficient (Wildman–Crippen LogP) is 3.48. The Kier molecular flexibility index (Phi) is 5.64. The lowest BCUT2D eigenvalue weighted by atomic mass is 10.2. The summed E-state index contributed by atoms with van der Waals surface area (Å²) >= 11 is 6.10. The van der Waals surface area contributed by atoms with E-state index in [1.807, 2.05) is 42.5 Å². The average molecular weight is 358 g/mol. The zero-order valence-corrected chi connectivity index (χ0v) is 14.1. The third-order valence-corrected chi connectivity index (χ3v) is 3.69. The Morgan fingerprint density at radius 1 is 1.12 bits per heavy atom. The summed E-state index contributed by atoms with van der Waals surface area (Å²) in [6.45, 7) is 0.451. The molecule has 3 rings (SSSR count). The third kappa shape index (κ3) is 4.81. The van der Waals surface area contributed by atoms with Crippen LogP contribution in [-0.4, -0.2) is 22.7 Å². The summed E-state index contributed by atoms with van der Waals surface area (Å²) in [4.78, 5) is 16.1. The Bertz CT molecular complexity index is 836. The van der Waals surface area contributed by atoms with Gasteiger partial charge in [-0.05, 0) is 24.3 Å². The van der Waals surface area contributed by atoms with E-state index in [2.05, 4.69) is 15.5 Å². The van der Waals surface area contributed by atoms with E-state index in [-0.39, 0.29) is 18.9 Å². The predicted molar refractivity (Wildman–Crippen MR) is 93.1 cm³/mol. The minimum Gasteiger partial charge on any atom is -0.493 e. The van der Waals surface area contributed by atoms with E-state index < -0.39 is 0 Å². The van der Waals surface area contributed by atoms with Gasteiger partial charge < -0.3 is 14.6 Å². The Labute approximate surface area is 149 Å². The van der Waals surface area contributed by atoms with Crippen molar-refractivity contribution in [3.05, 3.63) is 65.5 Å². The Balaban J connectivity index is 1.46. The number of hydrogen-bond donors (Lipinski definition) is 1. The average Bonchev–Trinajstić information content (AvgIpc) is 3.10. The fraction of sp³-hybridized carbons (Fsp3) is 0.167. The number of nitrogens with zero attached hydrogens (tertiary/aromatic N) is 2. The first-order chi connectivity index (χ1) is 12.2. The number of rotatable bonds is 7. The van der Waals surface area contributed by atoms with E-state index in [0.29, 0.717) is 28.9 Å². The van der Waals surface area contributed by atoms with E-state index in [0.717, 1.165) is 5.75 Å². The first-order valence-electron chi connectivity index (χ1n) is 7.74. The van der Waals surface area contributed by atoms with Gasteiger partial charge in [0.25, 0.3) is 0 Å². The maximum Gasteiger partial charge on any atom is 0.246 e. The van der Waals surface area contributed by atoms with Crippen LogP contribution in [0.1, 0.15) is 12.3 Å². The number of carbonyl (C=O) groups is 1. The van der Waals surface area contributed by atoms with Crippen LogP contribution in [0.5, 0.6) is 5.75 Å². The molecule has 0 saturated heterocycles. The van der Waals surface area contributed by atoms with Gasteiger partial charge in [0.1, 0.15) is 5.75 Å². The quantitative estimate of drug-likeness (QED) is 0.700. The summed E-state index contributed by atoms with van der Waals surface area (Å²) in [5.74, 6) is 1.28. The molecule has 0 spiro atoms. The molecule has 1 heterocycles. The summed E-state index contributed by atoms with van der Waals surface area (Å²) < 4.78 is 10.6. The van der Waals surface area contributed by atoms with Crippen LogP contribution in [0.25, 0.3) is 11.4 Å². The number of para-hydroxylation sites is 1. The van der Waals surface area contributed by atoms with Crippen molar-refractivity contribution in [1.29, 1.82) is 0 Å². The van der Waals surface area contributed by atoms with Crippen molar-refractivity contribution in [2.45, 2.75) is 13.0 Å². The number of benzene rings is 2. The SMILES string of the molecule is O=C(CCOc1ccccc1)NCc1nc(-c2ccccc2Cl)no1. The van der Waals surface area contributed by atoms with Crippen molar-refractivity contribution in [1.82, 2.24) is 15.5 Å². The molecule has 6 nitrogen and oxygen atoms in total. The minimum atomic E-state index is -0.159. The molecule has 0 saturated carbocycles. The second kappa shape index (κ2) is 8.30. The molecule has 1 N–H and O–H groups in total. The van der Waals surface area contributed by atoms with Crippen LogP contribution in [0.4, 0.5) is 0 Å². The molecule has 0 unspecified atom stereocenters. The summed E-state index contributed by atoms with van der Waals surface area (Å²) in [6, 6.07) is 16.6. The summed E-state index contributed by atoms with van der Waals surface area (Å²) in [7, 11) is 0. The maximum atomic E-state index is 11.8. The number of hydrogen-bond acceptors (Lipinski definition) is 5. The van der Waals surface area contributed by atoms with Gasteiger partial charge in [-0.3, -0.25) is 4.79 Å². The molecule has 1 aromatic heterocycles. The molecule has 1 amide bonds. The Hall–Kier alpha value is -2.86. The summed E-state index contributed by atoms with van der Waals surface area (Å²) in [6.07, 6.45) is 0.237. The first-order valence-corrected chi connectivity index (χ1v) is 8.12. The van der Waals surface area contributed by atoms with Crippen LogP contribution >= 0.6 is 11.6 Å². The van der Waals surface area contributed by atoms with Gasteiger partial charge in [-0.2, -0.15) is 4.98 Å². The monoisotopic (exact) mass is 357 g/mol. The smallest absolute Gasteiger partial charge is 0.246 e. The lowest BCUT2D eigenvalue weighted by molar-refractivity contribution is -0.121. The summed E-state index contributed by atoms with van der Waals surface area (Å²) in [5, 5.41) is 7.14. The molecule has 0 aliphatic rings. The topological polar surface area (TPSA) is 77.2 Å². The second-order valence-electron chi connectivity index (χ2n) is 5.18. The van der Waals surface area contributed by atoms with Crippen LogP contribution in [-0.2, 0) is 11.3 Å². The van der Waals surface area contributed by atoms with Crippen LogP contribution in [0.3, 0.4) is 0 Å². The number of aromatic nitrogens is 2. The molecule has 2 aromatic carbocycles. The molecule has 0 aliphatic heterocycles. The van der Waals surface area contributed by atoms with Crippen LogP contribution in [0, 0.1) is 0 Å². The van der Waals surface area contributed by atoms with Crippen LogP contribution < -0.4 is 10.1 Å². The normalized spacial score (nSPS) is 10.4. The molecule has 0 fully saturated rings. The maximum absolute atomic E-state index is 11.8. The van der Waals surface area contributed by atoms with Gasteiger partial charge in [0, 0.05) is 5.56 Å². The van der Waals surface area contributed by atoms with Gasteiger partial charge in [-0.25, -0.2) is 0 Å². The van der Waals surface area contributed by atoms with E-state index in [1.54, 1.807) is 12.1 Å². The highest BCUT2D eigenvalue weighted by molar-refractivity contribution is 6.33. The van der Waals surface area contributed by atoms with Crippen molar-refractivity contribution in [3.8, 4) is 17.1 Å². The number of amides is 1. The molecular formula is C18H16ClN3O3. The fourth-order valence-electron chi connectivity index (χ4n) is 2.12. The zero-order chi connectivity index (χ0) is 17.5. The number of ether oxygens (including phenoxy) is 1. The van der Waals surface area contributed by atoms with Gasteiger partial charge in [0.15, 0.2) is 0 Å². The van der Waals surface area contributed by atoms with Crippen molar-refractivity contribution >= 4 is 17.5 Å². The molecular weight excluding hydrogens is 342 g/mol. The highest BCUT2D eigenvalue weighted by atomic mass is 35.5. The lowest BCUT2D eigenvalue weighted by Crippen LogP contribution is -2.24. The molecule has 25 heavy (non-hydrogen) atoms. The number of carbonyl (C=O) groups excluding carboxylic acids is 1. The highest BCUT2D eigenvalue weighted by Crippen LogP contribution is 2.24. The van der Waals surface area contributed by atoms with Crippen molar-refractivity contribution < 1.29 is 14.1 Å². The lowest BCUT2D eigenvalue weighted by Gasteiger charge is -2.05. The van der Waals surface area contributed by atoms with Gasteiger partial charge in [-0.15, -0.1) is 0 Å². The van der Waals surface area contributed by atoms with E-state index in [1.165, 1.54) is 0 Å². The fourth-order valence-corrected chi connectivity index (χ4v) is 2.34. The van der Waals surface area contributed by atoms with Crippen molar-refractivity contribution in [2.24, 2.45) is 0 Å².